The Hall–Kier alpha value is -0.830. The van der Waals surface area contributed by atoms with Crippen LogP contribution in [0, 0.1) is 11.8 Å². The Morgan fingerprint density at radius 3 is 3.19 bits per heavy atom. The average Bonchev–Trinajstić information content (AvgIpc) is 2.70. The Labute approximate surface area is 98.3 Å². The van der Waals surface area contributed by atoms with E-state index in [1.807, 2.05) is 6.20 Å². The van der Waals surface area contributed by atoms with E-state index in [0.29, 0.717) is 0 Å². The summed E-state index contributed by atoms with van der Waals surface area (Å²) in [7, 11) is 0. The lowest BCUT2D eigenvalue weighted by atomic mass is 9.85. The number of hydrogen-bond acceptors (Lipinski definition) is 2. The second-order valence-corrected chi connectivity index (χ2v) is 4.97. The summed E-state index contributed by atoms with van der Waals surface area (Å²) in [6.07, 6.45) is 7.68. The summed E-state index contributed by atoms with van der Waals surface area (Å²) in [4.78, 5) is 4.51. The monoisotopic (exact) mass is 221 g/mol. The van der Waals surface area contributed by atoms with Crippen LogP contribution in [-0.4, -0.2) is 22.6 Å². The van der Waals surface area contributed by atoms with Gasteiger partial charge in [-0.3, -0.25) is 0 Å². The molecule has 0 radical (unpaired) electrons. The van der Waals surface area contributed by atoms with Crippen molar-refractivity contribution in [1.29, 1.82) is 0 Å². The summed E-state index contributed by atoms with van der Waals surface area (Å²) < 4.78 is 2.31. The zero-order chi connectivity index (χ0) is 11.4. The van der Waals surface area contributed by atoms with E-state index in [4.69, 9.17) is 0 Å². The fourth-order valence-corrected chi connectivity index (χ4v) is 2.58. The molecule has 0 spiro atoms. The highest BCUT2D eigenvalue weighted by atomic mass is 15.1. The number of piperidine rings is 1. The maximum absolute atomic E-state index is 4.51. The van der Waals surface area contributed by atoms with E-state index < -0.39 is 0 Å². The van der Waals surface area contributed by atoms with Crippen molar-refractivity contribution in [3.63, 3.8) is 0 Å². The van der Waals surface area contributed by atoms with Crippen LogP contribution in [0.4, 0.5) is 0 Å². The van der Waals surface area contributed by atoms with E-state index in [1.54, 1.807) is 0 Å². The third-order valence-corrected chi connectivity index (χ3v) is 3.67. The zero-order valence-electron chi connectivity index (χ0n) is 10.4. The molecule has 1 aromatic rings. The third-order valence-electron chi connectivity index (χ3n) is 3.67. The van der Waals surface area contributed by atoms with Gasteiger partial charge >= 0.3 is 0 Å². The van der Waals surface area contributed by atoms with Crippen molar-refractivity contribution >= 4 is 0 Å². The molecule has 1 saturated heterocycles. The first-order valence-corrected chi connectivity index (χ1v) is 6.52. The molecule has 2 unspecified atom stereocenters. The Morgan fingerprint density at radius 1 is 1.56 bits per heavy atom. The molecule has 90 valence electrons. The van der Waals surface area contributed by atoms with Gasteiger partial charge in [0.1, 0.15) is 5.82 Å². The second kappa shape index (κ2) is 5.48. The number of rotatable bonds is 4. The van der Waals surface area contributed by atoms with E-state index in [-0.39, 0.29) is 0 Å². The molecule has 1 aliphatic rings. The molecule has 2 rings (SSSR count). The molecule has 1 fully saturated rings. The van der Waals surface area contributed by atoms with Crippen LogP contribution < -0.4 is 5.32 Å². The normalized spacial score (nSPS) is 25.9. The van der Waals surface area contributed by atoms with Gasteiger partial charge in [-0.1, -0.05) is 13.8 Å². The maximum atomic E-state index is 4.51. The maximum Gasteiger partial charge on any atom is 0.108 e. The van der Waals surface area contributed by atoms with Crippen molar-refractivity contribution in [2.45, 2.75) is 39.7 Å². The van der Waals surface area contributed by atoms with Gasteiger partial charge in [0.15, 0.2) is 0 Å². The van der Waals surface area contributed by atoms with E-state index in [1.165, 1.54) is 31.8 Å². The van der Waals surface area contributed by atoms with Crippen molar-refractivity contribution < 1.29 is 0 Å². The van der Waals surface area contributed by atoms with Gasteiger partial charge in [0.25, 0.3) is 0 Å². The van der Waals surface area contributed by atoms with Crippen molar-refractivity contribution in [3.8, 4) is 0 Å². The van der Waals surface area contributed by atoms with Gasteiger partial charge in [0.2, 0.25) is 0 Å². The molecule has 0 bridgehead atoms. The first kappa shape index (κ1) is 11.6. The van der Waals surface area contributed by atoms with Crippen LogP contribution in [0.15, 0.2) is 12.4 Å². The zero-order valence-corrected chi connectivity index (χ0v) is 10.4. The molecule has 1 aromatic heterocycles. The van der Waals surface area contributed by atoms with E-state index in [2.05, 4.69) is 34.9 Å². The van der Waals surface area contributed by atoms with Gasteiger partial charge in [-0.05, 0) is 37.8 Å². The number of nitrogens with zero attached hydrogens (tertiary/aromatic N) is 2. The Morgan fingerprint density at radius 2 is 2.44 bits per heavy atom. The van der Waals surface area contributed by atoms with Crippen molar-refractivity contribution in [3.05, 3.63) is 18.2 Å². The molecule has 1 N–H and O–H groups in total. The predicted molar refractivity (Wildman–Crippen MR) is 66.4 cm³/mol. The summed E-state index contributed by atoms with van der Waals surface area (Å²) >= 11 is 0. The molecule has 2 heterocycles. The molecule has 1 aliphatic heterocycles. The van der Waals surface area contributed by atoms with Gasteiger partial charge in [0.05, 0.1) is 0 Å². The average molecular weight is 221 g/mol. The fraction of sp³-hybridized carbons (Fsp3) is 0.769. The Kier molecular flexibility index (Phi) is 3.99. The topological polar surface area (TPSA) is 29.9 Å². The van der Waals surface area contributed by atoms with Gasteiger partial charge in [0, 0.05) is 25.4 Å². The first-order valence-electron chi connectivity index (χ1n) is 6.52. The third kappa shape index (κ3) is 2.64. The second-order valence-electron chi connectivity index (χ2n) is 4.97. The Balaban J connectivity index is 1.99. The van der Waals surface area contributed by atoms with Crippen LogP contribution in [-0.2, 0) is 13.0 Å². The van der Waals surface area contributed by atoms with Gasteiger partial charge in [-0.2, -0.15) is 0 Å². The molecule has 3 heteroatoms. The van der Waals surface area contributed by atoms with E-state index >= 15 is 0 Å². The van der Waals surface area contributed by atoms with Crippen LogP contribution in [0.25, 0.3) is 0 Å². The van der Waals surface area contributed by atoms with Crippen LogP contribution in [0.3, 0.4) is 0 Å². The first-order chi connectivity index (χ1) is 7.81. The Bertz CT molecular complexity index is 319. The van der Waals surface area contributed by atoms with Crippen LogP contribution in [0.5, 0.6) is 0 Å². The number of hydrogen-bond donors (Lipinski definition) is 1. The minimum Gasteiger partial charge on any atom is -0.335 e. The predicted octanol–water partition coefficient (Wildman–Crippen LogP) is 2.08. The summed E-state index contributed by atoms with van der Waals surface area (Å²) in [5.41, 5.74) is 0. The summed E-state index contributed by atoms with van der Waals surface area (Å²) in [6, 6.07) is 0. The minimum absolute atomic E-state index is 0.778. The van der Waals surface area contributed by atoms with Crippen molar-refractivity contribution in [1.82, 2.24) is 14.9 Å². The van der Waals surface area contributed by atoms with Crippen molar-refractivity contribution in [2.24, 2.45) is 11.8 Å². The molecule has 0 aromatic carbocycles. The number of imidazole rings is 1. The lowest BCUT2D eigenvalue weighted by Crippen LogP contribution is -2.36. The van der Waals surface area contributed by atoms with Crippen LogP contribution in [0.1, 0.15) is 32.5 Å². The largest absolute Gasteiger partial charge is 0.335 e. The molecule has 2 atom stereocenters. The highest BCUT2D eigenvalue weighted by Gasteiger charge is 2.22. The SMILES string of the molecule is CCCn1ccnc1CC1CCNCC1C. The molecule has 3 nitrogen and oxygen atoms in total. The summed E-state index contributed by atoms with van der Waals surface area (Å²) in [5, 5.41) is 3.46. The lowest BCUT2D eigenvalue weighted by molar-refractivity contribution is 0.266. The van der Waals surface area contributed by atoms with Crippen LogP contribution >= 0.6 is 0 Å². The van der Waals surface area contributed by atoms with Crippen LogP contribution in [0.2, 0.25) is 0 Å². The molecular weight excluding hydrogens is 198 g/mol. The van der Waals surface area contributed by atoms with Gasteiger partial charge < -0.3 is 9.88 Å². The highest BCUT2D eigenvalue weighted by molar-refractivity contribution is 4.95. The van der Waals surface area contributed by atoms with Gasteiger partial charge in [-0.15, -0.1) is 0 Å². The molecule has 0 aliphatic carbocycles. The number of aromatic nitrogens is 2. The smallest absolute Gasteiger partial charge is 0.108 e. The number of aryl methyl sites for hydroxylation is 1. The quantitative estimate of drug-likeness (QED) is 0.843. The molecule has 0 amide bonds. The molecule has 0 saturated carbocycles. The van der Waals surface area contributed by atoms with Gasteiger partial charge in [-0.25, -0.2) is 4.98 Å². The van der Waals surface area contributed by atoms with E-state index in [0.717, 1.165) is 24.8 Å². The minimum atomic E-state index is 0.778. The fourth-order valence-electron chi connectivity index (χ4n) is 2.58. The van der Waals surface area contributed by atoms with Crippen molar-refractivity contribution in [2.75, 3.05) is 13.1 Å². The lowest BCUT2D eigenvalue weighted by Gasteiger charge is -2.29. The standard InChI is InChI=1S/C13H23N3/c1-3-7-16-8-6-15-13(16)9-12-4-5-14-10-11(12)2/h6,8,11-12,14H,3-5,7,9-10H2,1-2H3. The molecular formula is C13H23N3. The summed E-state index contributed by atoms with van der Waals surface area (Å²) in [6.45, 7) is 8.01. The van der Waals surface area contributed by atoms with E-state index in [9.17, 15) is 0 Å². The highest BCUT2D eigenvalue weighted by Crippen LogP contribution is 2.22. The molecule has 16 heavy (non-hydrogen) atoms. The summed E-state index contributed by atoms with van der Waals surface area (Å²) in [5.74, 6) is 2.86. The number of nitrogens with one attached hydrogen (secondary N) is 1.